The molecule has 1 aromatic heterocycles. The summed E-state index contributed by atoms with van der Waals surface area (Å²) in [4.78, 5) is 18.7. The highest BCUT2D eigenvalue weighted by atomic mass is 16.6. The minimum Gasteiger partial charge on any atom is -0.508 e. The lowest BCUT2D eigenvalue weighted by atomic mass is 9.93. The van der Waals surface area contributed by atoms with Gasteiger partial charge in [0.2, 0.25) is 0 Å². The second kappa shape index (κ2) is 17.4. The zero-order chi connectivity index (χ0) is 42.8. The van der Waals surface area contributed by atoms with Crippen LogP contribution in [0.2, 0.25) is 0 Å². The van der Waals surface area contributed by atoms with Crippen LogP contribution in [0.25, 0.3) is 33.2 Å². The first-order valence-corrected chi connectivity index (χ1v) is 21.7. The molecule has 3 fully saturated rings. The van der Waals surface area contributed by atoms with Crippen molar-refractivity contribution < 1.29 is 34.0 Å². The fourth-order valence-electron chi connectivity index (χ4n) is 8.45. The number of aliphatic imine (C=N–C) groups is 1. The number of phenols is 2. The Morgan fingerprint density at radius 1 is 0.803 bits per heavy atom. The number of piperidine rings is 2. The number of aromatic nitrogens is 2. The molecule has 1 atom stereocenters. The van der Waals surface area contributed by atoms with Crippen molar-refractivity contribution in [2.24, 2.45) is 4.99 Å². The fourth-order valence-corrected chi connectivity index (χ4v) is 8.45. The second-order valence-corrected chi connectivity index (χ2v) is 18.2. The summed E-state index contributed by atoms with van der Waals surface area (Å²) in [6, 6.07) is 22.9. The Bertz CT molecular complexity index is 2350. The standard InChI is InChI=1S/C29H37N3O5.C20H22N2O2/c1-28(2,3)37-27(34)31-14-12-29(4,13-15-31)36-25-18-21(20-8-10-22(33)11-9-20)17-24-23(25)19-30-32(24)26-7-5-6-16-35-26;1-20(6-8-21-9-7-20)24-19-11-15(10-16-12-22-13-18(16)19)14-2-4-17(23)5-3-14/h8-11,17-19,26,33H,5-7,12-16H2,1-4H3;2-5,10-11,13,21,23H,6-9,12H2,1H3. The number of nitrogens with one attached hydrogen (secondary N) is 1. The minimum absolute atomic E-state index is 0.0955. The second-order valence-electron chi connectivity index (χ2n) is 18.2. The minimum atomic E-state index is -0.517. The topological polar surface area (TPSA) is 140 Å². The lowest BCUT2D eigenvalue weighted by molar-refractivity contribution is -0.0366. The molecule has 0 spiro atoms. The van der Waals surface area contributed by atoms with Gasteiger partial charge in [0, 0.05) is 44.3 Å². The Labute approximate surface area is 358 Å². The van der Waals surface area contributed by atoms with Crippen LogP contribution in [0.4, 0.5) is 4.79 Å². The Balaban J connectivity index is 0.000000184. The first-order chi connectivity index (χ1) is 29.2. The average Bonchev–Trinajstić information content (AvgIpc) is 3.90. The van der Waals surface area contributed by atoms with E-state index in [9.17, 15) is 15.0 Å². The number of fused-ring (bicyclic) bond motifs is 2. The predicted molar refractivity (Wildman–Crippen MR) is 238 cm³/mol. The summed E-state index contributed by atoms with van der Waals surface area (Å²) in [6.45, 7) is 14.5. The maximum absolute atomic E-state index is 12.6. The van der Waals surface area contributed by atoms with Crippen LogP contribution in [0, 0.1) is 0 Å². The van der Waals surface area contributed by atoms with Crippen LogP contribution >= 0.6 is 0 Å². The molecule has 4 aromatic carbocycles. The highest BCUT2D eigenvalue weighted by Gasteiger charge is 2.36. The lowest BCUT2D eigenvalue weighted by Crippen LogP contribution is -2.49. The van der Waals surface area contributed by atoms with Crippen molar-refractivity contribution >= 4 is 23.2 Å². The number of hydrogen-bond acceptors (Lipinski definition) is 10. The predicted octanol–water partition coefficient (Wildman–Crippen LogP) is 9.79. The van der Waals surface area contributed by atoms with E-state index < -0.39 is 11.2 Å². The Morgan fingerprint density at radius 2 is 1.41 bits per heavy atom. The monoisotopic (exact) mass is 829 g/mol. The van der Waals surface area contributed by atoms with Gasteiger partial charge in [-0.3, -0.25) is 4.99 Å². The quantitative estimate of drug-likeness (QED) is 0.146. The first kappa shape index (κ1) is 42.1. The molecule has 0 radical (unpaired) electrons. The molecular formula is C49H59N5O7. The molecule has 1 amide bonds. The van der Waals surface area contributed by atoms with Gasteiger partial charge in [-0.1, -0.05) is 24.3 Å². The molecule has 0 aliphatic carbocycles. The molecule has 12 heteroatoms. The van der Waals surface area contributed by atoms with E-state index in [-0.39, 0.29) is 29.4 Å². The normalized spacial score (nSPS) is 19.4. The molecule has 3 N–H and O–H groups in total. The summed E-state index contributed by atoms with van der Waals surface area (Å²) in [5, 5.41) is 28.3. The van der Waals surface area contributed by atoms with Gasteiger partial charge in [-0.2, -0.15) is 5.10 Å². The van der Waals surface area contributed by atoms with Gasteiger partial charge in [-0.05, 0) is 156 Å². The Morgan fingerprint density at radius 3 is 2.03 bits per heavy atom. The third-order valence-corrected chi connectivity index (χ3v) is 12.1. The van der Waals surface area contributed by atoms with E-state index in [1.165, 1.54) is 5.56 Å². The number of likely N-dealkylation sites (tertiary alicyclic amines) is 1. The number of carbonyl (C=O) groups excluding carboxylic acids is 1. The van der Waals surface area contributed by atoms with Gasteiger partial charge in [-0.15, -0.1) is 0 Å². The average molecular weight is 830 g/mol. The molecule has 9 rings (SSSR count). The number of rotatable bonds is 7. The summed E-state index contributed by atoms with van der Waals surface area (Å²) in [5.74, 6) is 2.19. The van der Waals surface area contributed by atoms with Crippen molar-refractivity contribution in [2.75, 3.05) is 32.8 Å². The highest BCUT2D eigenvalue weighted by molar-refractivity contribution is 5.91. The molecular weight excluding hydrogens is 771 g/mol. The number of benzene rings is 4. The fraction of sp³-hybridized carbons (Fsp3) is 0.449. The van der Waals surface area contributed by atoms with Gasteiger partial charge < -0.3 is 39.4 Å². The van der Waals surface area contributed by atoms with Crippen LogP contribution in [0.3, 0.4) is 0 Å². The summed E-state index contributed by atoms with van der Waals surface area (Å²) in [7, 11) is 0. The molecule has 4 aliphatic rings. The molecule has 0 saturated carbocycles. The SMILES string of the molecule is CC(C)(C)OC(=O)N1CCC(C)(Oc2cc(-c3ccc(O)cc3)cc3c2cnn3C2CCCCO2)CC1.CC1(Oc2cc(-c3ccc(O)cc3)cc3c2C=NC3)CCNCC1. The molecule has 4 aliphatic heterocycles. The molecule has 5 heterocycles. The van der Waals surface area contributed by atoms with E-state index in [0.29, 0.717) is 32.5 Å². The van der Waals surface area contributed by atoms with E-state index in [4.69, 9.17) is 24.0 Å². The van der Waals surface area contributed by atoms with Gasteiger partial charge in [0.1, 0.15) is 39.8 Å². The number of phenolic OH excluding ortho intramolecular Hbond substituents is 2. The zero-order valence-electron chi connectivity index (χ0n) is 36.1. The lowest BCUT2D eigenvalue weighted by Gasteiger charge is -2.40. The van der Waals surface area contributed by atoms with Crippen molar-refractivity contribution in [1.82, 2.24) is 20.0 Å². The van der Waals surface area contributed by atoms with Crippen LogP contribution in [-0.4, -0.2) is 86.8 Å². The number of hydrogen-bond donors (Lipinski definition) is 3. The number of amides is 1. The third-order valence-electron chi connectivity index (χ3n) is 12.1. The van der Waals surface area contributed by atoms with Gasteiger partial charge in [0.15, 0.2) is 6.23 Å². The van der Waals surface area contributed by atoms with Gasteiger partial charge >= 0.3 is 6.09 Å². The summed E-state index contributed by atoms with van der Waals surface area (Å²) >= 11 is 0. The smallest absolute Gasteiger partial charge is 0.410 e. The van der Waals surface area contributed by atoms with E-state index in [1.54, 1.807) is 29.2 Å². The molecule has 12 nitrogen and oxygen atoms in total. The zero-order valence-corrected chi connectivity index (χ0v) is 36.1. The van der Waals surface area contributed by atoms with Crippen molar-refractivity contribution in [3.8, 4) is 45.3 Å². The molecule has 61 heavy (non-hydrogen) atoms. The van der Waals surface area contributed by atoms with Gasteiger partial charge in [0.25, 0.3) is 0 Å². The summed E-state index contributed by atoms with van der Waals surface area (Å²) in [6.07, 6.45) is 9.91. The van der Waals surface area contributed by atoms with E-state index in [0.717, 1.165) is 102 Å². The van der Waals surface area contributed by atoms with E-state index in [1.807, 2.05) is 68.2 Å². The molecule has 3 saturated heterocycles. The number of carbonyl (C=O) groups is 1. The van der Waals surface area contributed by atoms with Crippen molar-refractivity contribution in [2.45, 2.75) is 109 Å². The van der Waals surface area contributed by atoms with Crippen LogP contribution in [0.1, 0.15) is 96.9 Å². The largest absolute Gasteiger partial charge is 0.508 e. The third kappa shape index (κ3) is 9.97. The van der Waals surface area contributed by atoms with Crippen LogP contribution in [0.5, 0.6) is 23.0 Å². The van der Waals surface area contributed by atoms with E-state index >= 15 is 0 Å². The summed E-state index contributed by atoms with van der Waals surface area (Å²) < 4.78 is 26.8. The van der Waals surface area contributed by atoms with Crippen LogP contribution < -0.4 is 14.8 Å². The van der Waals surface area contributed by atoms with Crippen LogP contribution in [0.15, 0.2) is 84.0 Å². The van der Waals surface area contributed by atoms with E-state index in [2.05, 4.69) is 42.4 Å². The Kier molecular flexibility index (Phi) is 12.0. The summed E-state index contributed by atoms with van der Waals surface area (Å²) in [5.41, 5.74) is 6.31. The maximum atomic E-state index is 12.6. The number of nitrogens with zero attached hydrogens (tertiary/aromatic N) is 4. The molecule has 322 valence electrons. The molecule has 5 aromatic rings. The molecule has 1 unspecified atom stereocenters. The number of aromatic hydroxyl groups is 2. The van der Waals surface area contributed by atoms with Crippen molar-refractivity contribution in [3.63, 3.8) is 0 Å². The first-order valence-electron chi connectivity index (χ1n) is 21.7. The maximum Gasteiger partial charge on any atom is 0.410 e. The van der Waals surface area contributed by atoms with Crippen LogP contribution in [-0.2, 0) is 16.0 Å². The van der Waals surface area contributed by atoms with Gasteiger partial charge in [-0.25, -0.2) is 9.48 Å². The van der Waals surface area contributed by atoms with Crippen molar-refractivity contribution in [1.29, 1.82) is 0 Å². The van der Waals surface area contributed by atoms with Crippen molar-refractivity contribution in [3.05, 3.63) is 90.1 Å². The number of ether oxygens (including phenoxy) is 4. The Hall–Kier alpha value is -5.59. The highest BCUT2D eigenvalue weighted by Crippen LogP contribution is 2.40. The molecule has 0 bridgehead atoms. The van der Waals surface area contributed by atoms with Gasteiger partial charge in [0.05, 0.1) is 23.6 Å².